The zero-order valence-electron chi connectivity index (χ0n) is 8.50. The van der Waals surface area contributed by atoms with E-state index >= 15 is 0 Å². The summed E-state index contributed by atoms with van der Waals surface area (Å²) in [5.41, 5.74) is 1.39. The number of aromatic nitrogens is 4. The number of H-pyrrole nitrogens is 1. The number of fused-ring (bicyclic) bond motifs is 1. The van der Waals surface area contributed by atoms with E-state index in [1.807, 2.05) is 7.05 Å². The Labute approximate surface area is 82.0 Å². The molecule has 0 aliphatic carbocycles. The molecule has 0 aliphatic rings. The predicted molar refractivity (Wildman–Crippen MR) is 53.8 cm³/mol. The fraction of sp³-hybridized carbons (Fsp3) is 0.444. The third kappa shape index (κ3) is 1.35. The summed E-state index contributed by atoms with van der Waals surface area (Å²) in [6.07, 6.45) is 3.23. The first-order chi connectivity index (χ1) is 6.63. The highest BCUT2D eigenvalue weighted by Gasteiger charge is 2.22. The molecule has 2 aromatic heterocycles. The Hall–Kier alpha value is -1.49. The molecule has 2 rings (SSSR count). The summed E-state index contributed by atoms with van der Waals surface area (Å²) in [5, 5.41) is 3.18. The lowest BCUT2D eigenvalue weighted by molar-refractivity contribution is 0.421. The number of imidazole rings is 1. The van der Waals surface area contributed by atoms with E-state index < -0.39 is 0 Å². The van der Waals surface area contributed by atoms with Crippen LogP contribution in [0.5, 0.6) is 0 Å². The minimum atomic E-state index is -0.180. The van der Waals surface area contributed by atoms with Gasteiger partial charge in [-0.1, -0.05) is 0 Å². The van der Waals surface area contributed by atoms with Crippen molar-refractivity contribution >= 4 is 11.2 Å². The van der Waals surface area contributed by atoms with Crippen LogP contribution in [0.4, 0.5) is 0 Å². The van der Waals surface area contributed by atoms with Crippen molar-refractivity contribution in [3.05, 3.63) is 18.3 Å². The highest BCUT2D eigenvalue weighted by molar-refractivity contribution is 5.68. The summed E-state index contributed by atoms with van der Waals surface area (Å²) in [5.74, 6) is 0.871. The highest BCUT2D eigenvalue weighted by Crippen LogP contribution is 2.18. The largest absolute Gasteiger partial charge is 0.338 e. The molecular weight excluding hydrogens is 178 g/mol. The van der Waals surface area contributed by atoms with E-state index in [1.165, 1.54) is 6.33 Å². The Morgan fingerprint density at radius 1 is 1.43 bits per heavy atom. The number of aromatic amines is 1. The Balaban J connectivity index is 2.55. The first kappa shape index (κ1) is 9.08. The van der Waals surface area contributed by atoms with Gasteiger partial charge in [-0.15, -0.1) is 0 Å². The quantitative estimate of drug-likeness (QED) is 0.737. The van der Waals surface area contributed by atoms with Crippen LogP contribution in [0.25, 0.3) is 11.2 Å². The van der Waals surface area contributed by atoms with E-state index in [-0.39, 0.29) is 5.54 Å². The van der Waals surface area contributed by atoms with E-state index in [1.54, 1.807) is 6.20 Å². The molecule has 14 heavy (non-hydrogen) atoms. The number of nitrogens with zero attached hydrogens (tertiary/aromatic N) is 3. The second-order valence-electron chi connectivity index (χ2n) is 3.72. The van der Waals surface area contributed by atoms with Crippen molar-refractivity contribution < 1.29 is 0 Å². The third-order valence-electron chi connectivity index (χ3n) is 2.38. The molecule has 0 aliphatic heterocycles. The van der Waals surface area contributed by atoms with E-state index in [9.17, 15) is 0 Å². The lowest BCUT2D eigenvalue weighted by atomic mass is 10.1. The van der Waals surface area contributed by atoms with Crippen LogP contribution in [-0.2, 0) is 5.54 Å². The van der Waals surface area contributed by atoms with Crippen LogP contribution < -0.4 is 5.32 Å². The Kier molecular flexibility index (Phi) is 1.96. The van der Waals surface area contributed by atoms with Crippen LogP contribution in [0.1, 0.15) is 19.7 Å². The fourth-order valence-electron chi connectivity index (χ4n) is 1.18. The minimum absolute atomic E-state index is 0.180. The molecule has 2 heterocycles. The van der Waals surface area contributed by atoms with Crippen molar-refractivity contribution in [1.82, 2.24) is 25.3 Å². The minimum Gasteiger partial charge on any atom is -0.338 e. The van der Waals surface area contributed by atoms with Crippen molar-refractivity contribution in [1.29, 1.82) is 0 Å². The first-order valence-corrected chi connectivity index (χ1v) is 4.48. The van der Waals surface area contributed by atoms with Gasteiger partial charge in [-0.05, 0) is 20.9 Å². The lowest BCUT2D eigenvalue weighted by Crippen LogP contribution is -2.34. The molecule has 0 unspecified atom stereocenters. The summed E-state index contributed by atoms with van der Waals surface area (Å²) < 4.78 is 0. The molecule has 0 bridgehead atoms. The number of hydrogen-bond donors (Lipinski definition) is 2. The van der Waals surface area contributed by atoms with Crippen LogP contribution >= 0.6 is 0 Å². The number of nitrogens with one attached hydrogen (secondary N) is 2. The molecule has 0 amide bonds. The van der Waals surface area contributed by atoms with Gasteiger partial charge < -0.3 is 10.3 Å². The number of hydrogen-bond acceptors (Lipinski definition) is 4. The molecule has 74 valence electrons. The van der Waals surface area contributed by atoms with Gasteiger partial charge in [-0.25, -0.2) is 15.0 Å². The van der Waals surface area contributed by atoms with E-state index in [0.29, 0.717) is 5.65 Å². The molecule has 0 spiro atoms. The molecule has 0 atom stereocenters. The maximum atomic E-state index is 4.39. The third-order valence-corrected chi connectivity index (χ3v) is 2.38. The van der Waals surface area contributed by atoms with Crippen LogP contribution in [0.3, 0.4) is 0 Å². The average molecular weight is 191 g/mol. The monoisotopic (exact) mass is 191 g/mol. The van der Waals surface area contributed by atoms with E-state index in [4.69, 9.17) is 0 Å². The smallest absolute Gasteiger partial charge is 0.180 e. The van der Waals surface area contributed by atoms with Gasteiger partial charge in [-0.2, -0.15) is 0 Å². The van der Waals surface area contributed by atoms with Gasteiger partial charge in [0.2, 0.25) is 0 Å². The van der Waals surface area contributed by atoms with Gasteiger partial charge in [-0.3, -0.25) is 0 Å². The molecular formula is C9H13N5. The molecule has 0 saturated heterocycles. The van der Waals surface area contributed by atoms with Crippen LogP contribution in [0.15, 0.2) is 12.5 Å². The standard InChI is InChI=1S/C9H13N5/c1-9(2,10-3)8-13-6-4-11-5-12-7(6)14-8/h4-5,10H,1-3H3,(H,11,12,13,14). The summed E-state index contributed by atoms with van der Waals surface area (Å²) in [4.78, 5) is 15.6. The van der Waals surface area contributed by atoms with Gasteiger partial charge in [0.25, 0.3) is 0 Å². The molecule has 0 saturated carbocycles. The second-order valence-corrected chi connectivity index (χ2v) is 3.72. The lowest BCUT2D eigenvalue weighted by Gasteiger charge is -2.20. The molecule has 0 fully saturated rings. The maximum Gasteiger partial charge on any atom is 0.180 e. The Morgan fingerprint density at radius 3 is 2.86 bits per heavy atom. The Bertz CT molecular complexity index is 412. The van der Waals surface area contributed by atoms with Crippen LogP contribution in [0, 0.1) is 0 Å². The zero-order chi connectivity index (χ0) is 10.2. The second kappa shape index (κ2) is 3.02. The van der Waals surface area contributed by atoms with Gasteiger partial charge in [0, 0.05) is 0 Å². The molecule has 2 N–H and O–H groups in total. The summed E-state index contributed by atoms with van der Waals surface area (Å²) in [6, 6.07) is 0. The molecule has 5 heteroatoms. The highest BCUT2D eigenvalue weighted by atomic mass is 15.1. The van der Waals surface area contributed by atoms with Crippen LogP contribution in [-0.4, -0.2) is 27.0 Å². The summed E-state index contributed by atoms with van der Waals surface area (Å²) in [7, 11) is 1.90. The normalized spacial score (nSPS) is 12.2. The maximum absolute atomic E-state index is 4.39. The van der Waals surface area contributed by atoms with Crippen molar-refractivity contribution in [2.45, 2.75) is 19.4 Å². The van der Waals surface area contributed by atoms with E-state index in [0.717, 1.165) is 11.3 Å². The van der Waals surface area contributed by atoms with Gasteiger partial charge >= 0.3 is 0 Å². The molecule has 2 aromatic rings. The van der Waals surface area contributed by atoms with Crippen molar-refractivity contribution in [2.24, 2.45) is 0 Å². The Morgan fingerprint density at radius 2 is 2.21 bits per heavy atom. The van der Waals surface area contributed by atoms with E-state index in [2.05, 4.69) is 39.1 Å². The SMILES string of the molecule is CNC(C)(C)c1nc2ncncc2[nH]1. The average Bonchev–Trinajstić information content (AvgIpc) is 2.61. The van der Waals surface area contributed by atoms with Crippen molar-refractivity contribution in [3.8, 4) is 0 Å². The molecule has 0 aromatic carbocycles. The molecule has 5 nitrogen and oxygen atoms in total. The zero-order valence-corrected chi connectivity index (χ0v) is 8.50. The van der Waals surface area contributed by atoms with Gasteiger partial charge in [0.1, 0.15) is 17.7 Å². The summed E-state index contributed by atoms with van der Waals surface area (Å²) in [6.45, 7) is 4.11. The van der Waals surface area contributed by atoms with Gasteiger partial charge in [0.05, 0.1) is 11.7 Å². The van der Waals surface area contributed by atoms with Crippen molar-refractivity contribution in [3.63, 3.8) is 0 Å². The topological polar surface area (TPSA) is 66.5 Å². The fourth-order valence-corrected chi connectivity index (χ4v) is 1.18. The van der Waals surface area contributed by atoms with Crippen molar-refractivity contribution in [2.75, 3.05) is 7.05 Å². The van der Waals surface area contributed by atoms with Gasteiger partial charge in [0.15, 0.2) is 5.65 Å². The number of rotatable bonds is 2. The molecule has 0 radical (unpaired) electrons. The summed E-state index contributed by atoms with van der Waals surface area (Å²) >= 11 is 0. The first-order valence-electron chi connectivity index (χ1n) is 4.48. The predicted octanol–water partition coefficient (Wildman–Crippen LogP) is 0.807. The van der Waals surface area contributed by atoms with Crippen LogP contribution in [0.2, 0.25) is 0 Å².